The Hall–Kier alpha value is -2.58. The van der Waals surface area contributed by atoms with Gasteiger partial charge in [0, 0.05) is 13.1 Å². The van der Waals surface area contributed by atoms with E-state index in [0.717, 1.165) is 5.56 Å². The average molecular weight is 328 g/mol. The largest absolute Gasteiger partial charge is 0.392 e. The van der Waals surface area contributed by atoms with Gasteiger partial charge in [-0.2, -0.15) is 10.1 Å². The number of benzene rings is 1. The van der Waals surface area contributed by atoms with E-state index in [9.17, 15) is 5.11 Å². The second-order valence-electron chi connectivity index (χ2n) is 5.56. The van der Waals surface area contributed by atoms with Crippen molar-refractivity contribution >= 4 is 0 Å². The van der Waals surface area contributed by atoms with Crippen LogP contribution in [0.1, 0.15) is 24.8 Å². The van der Waals surface area contributed by atoms with Gasteiger partial charge in [0.05, 0.1) is 12.6 Å². The Labute approximate surface area is 139 Å². The van der Waals surface area contributed by atoms with Crippen LogP contribution in [0.4, 0.5) is 0 Å². The van der Waals surface area contributed by atoms with Crippen LogP contribution < -0.4 is 0 Å². The summed E-state index contributed by atoms with van der Waals surface area (Å²) in [7, 11) is 0. The van der Waals surface area contributed by atoms with Crippen molar-refractivity contribution < 1.29 is 9.63 Å². The summed E-state index contributed by atoms with van der Waals surface area (Å²) in [6, 6.07) is 10.1. The maximum absolute atomic E-state index is 10.0. The van der Waals surface area contributed by atoms with E-state index in [-0.39, 0.29) is 0 Å². The van der Waals surface area contributed by atoms with Crippen LogP contribution in [0.5, 0.6) is 0 Å². The SMILES string of the molecule is CCC(O)CN(Cc1ccccc1)Cc1nc(-c2ncn[nH]2)no1. The quantitative estimate of drug-likeness (QED) is 0.647. The Morgan fingerprint density at radius 1 is 1.25 bits per heavy atom. The summed E-state index contributed by atoms with van der Waals surface area (Å²) in [4.78, 5) is 10.4. The van der Waals surface area contributed by atoms with E-state index in [1.165, 1.54) is 6.33 Å². The molecule has 24 heavy (non-hydrogen) atoms. The minimum atomic E-state index is -0.398. The molecule has 0 amide bonds. The molecule has 0 aliphatic heterocycles. The van der Waals surface area contributed by atoms with Crippen LogP contribution in [0, 0.1) is 0 Å². The van der Waals surface area contributed by atoms with E-state index in [0.29, 0.717) is 43.6 Å². The van der Waals surface area contributed by atoms with Crippen LogP contribution in [-0.2, 0) is 13.1 Å². The normalized spacial score (nSPS) is 12.6. The minimum absolute atomic E-state index is 0.373. The predicted octanol–water partition coefficient (Wildman–Crippen LogP) is 1.63. The molecule has 2 N–H and O–H groups in total. The molecule has 0 saturated carbocycles. The molecule has 0 radical (unpaired) electrons. The molecule has 126 valence electrons. The molecule has 3 rings (SSSR count). The summed E-state index contributed by atoms with van der Waals surface area (Å²) >= 11 is 0. The highest BCUT2D eigenvalue weighted by molar-refractivity contribution is 5.39. The molecule has 3 aromatic rings. The van der Waals surface area contributed by atoms with Crippen molar-refractivity contribution in [2.45, 2.75) is 32.5 Å². The van der Waals surface area contributed by atoms with Gasteiger partial charge in [-0.05, 0) is 12.0 Å². The Bertz CT molecular complexity index is 728. The summed E-state index contributed by atoms with van der Waals surface area (Å²) < 4.78 is 5.30. The molecule has 1 unspecified atom stereocenters. The van der Waals surface area contributed by atoms with Crippen LogP contribution in [0.25, 0.3) is 11.6 Å². The molecule has 2 heterocycles. The number of aliphatic hydroxyl groups is 1. The lowest BCUT2D eigenvalue weighted by atomic mass is 10.2. The summed E-state index contributed by atoms with van der Waals surface area (Å²) in [6.07, 6.45) is 1.69. The van der Waals surface area contributed by atoms with Crippen molar-refractivity contribution in [2.24, 2.45) is 0 Å². The lowest BCUT2D eigenvalue weighted by molar-refractivity contribution is 0.0948. The van der Waals surface area contributed by atoms with Crippen molar-refractivity contribution in [2.75, 3.05) is 6.54 Å². The van der Waals surface area contributed by atoms with Gasteiger partial charge in [-0.1, -0.05) is 42.4 Å². The number of nitrogens with zero attached hydrogens (tertiary/aromatic N) is 5. The van der Waals surface area contributed by atoms with Crippen molar-refractivity contribution in [1.82, 2.24) is 30.2 Å². The van der Waals surface area contributed by atoms with Crippen LogP contribution >= 0.6 is 0 Å². The highest BCUT2D eigenvalue weighted by Gasteiger charge is 2.17. The van der Waals surface area contributed by atoms with Crippen LogP contribution in [-0.4, -0.2) is 48.0 Å². The third-order valence-corrected chi connectivity index (χ3v) is 3.64. The predicted molar refractivity (Wildman–Crippen MR) is 86.5 cm³/mol. The fourth-order valence-corrected chi connectivity index (χ4v) is 2.37. The molecule has 0 aliphatic rings. The first-order valence-corrected chi connectivity index (χ1v) is 7.87. The van der Waals surface area contributed by atoms with E-state index in [1.54, 1.807) is 0 Å². The van der Waals surface area contributed by atoms with Crippen molar-refractivity contribution in [3.8, 4) is 11.6 Å². The summed E-state index contributed by atoms with van der Waals surface area (Å²) in [6.45, 7) is 3.64. The monoisotopic (exact) mass is 328 g/mol. The van der Waals surface area contributed by atoms with Crippen molar-refractivity contribution in [3.05, 3.63) is 48.1 Å². The van der Waals surface area contributed by atoms with Crippen molar-refractivity contribution in [3.63, 3.8) is 0 Å². The molecular formula is C16H20N6O2. The first kappa shape index (κ1) is 16.3. The van der Waals surface area contributed by atoms with Gasteiger partial charge in [0.2, 0.25) is 11.7 Å². The molecule has 8 nitrogen and oxygen atoms in total. The van der Waals surface area contributed by atoms with E-state index >= 15 is 0 Å². The van der Waals surface area contributed by atoms with Gasteiger partial charge >= 0.3 is 0 Å². The standard InChI is InChI=1S/C16H20N6O2/c1-2-13(23)9-22(8-12-6-4-3-5-7-12)10-14-19-16(21-24-14)15-17-11-18-20-15/h3-7,11,13,23H,2,8-10H2,1H3,(H,17,18,20). The third-order valence-electron chi connectivity index (χ3n) is 3.64. The smallest absolute Gasteiger partial charge is 0.241 e. The lowest BCUT2D eigenvalue weighted by Gasteiger charge is -2.23. The Morgan fingerprint density at radius 2 is 2.08 bits per heavy atom. The molecule has 0 spiro atoms. The van der Waals surface area contributed by atoms with E-state index in [1.807, 2.05) is 25.1 Å². The maximum atomic E-state index is 10.0. The van der Waals surface area contributed by atoms with Crippen LogP contribution in [0.3, 0.4) is 0 Å². The number of aromatic nitrogens is 5. The number of rotatable bonds is 8. The number of hydrogen-bond acceptors (Lipinski definition) is 7. The molecule has 0 fully saturated rings. The van der Waals surface area contributed by atoms with Gasteiger partial charge < -0.3 is 9.63 Å². The zero-order valence-electron chi connectivity index (χ0n) is 13.5. The number of H-pyrrole nitrogens is 1. The zero-order valence-corrected chi connectivity index (χ0v) is 13.5. The van der Waals surface area contributed by atoms with Gasteiger partial charge in [-0.25, -0.2) is 4.98 Å². The average Bonchev–Trinajstić information content (AvgIpc) is 3.26. The van der Waals surface area contributed by atoms with E-state index in [4.69, 9.17) is 4.52 Å². The van der Waals surface area contributed by atoms with E-state index < -0.39 is 6.10 Å². The Balaban J connectivity index is 1.71. The van der Waals surface area contributed by atoms with E-state index in [2.05, 4.69) is 42.4 Å². The fraction of sp³-hybridized carbons (Fsp3) is 0.375. The van der Waals surface area contributed by atoms with Gasteiger partial charge in [0.25, 0.3) is 0 Å². The summed E-state index contributed by atoms with van der Waals surface area (Å²) in [5.41, 5.74) is 1.16. The second kappa shape index (κ2) is 7.80. The first-order valence-electron chi connectivity index (χ1n) is 7.87. The molecule has 0 saturated heterocycles. The Morgan fingerprint density at radius 3 is 2.79 bits per heavy atom. The lowest BCUT2D eigenvalue weighted by Crippen LogP contribution is -2.31. The van der Waals surface area contributed by atoms with Gasteiger partial charge in [-0.3, -0.25) is 10.00 Å². The van der Waals surface area contributed by atoms with Gasteiger partial charge in [-0.15, -0.1) is 0 Å². The number of aliphatic hydroxyl groups excluding tert-OH is 1. The Kier molecular flexibility index (Phi) is 5.29. The van der Waals surface area contributed by atoms with Crippen LogP contribution in [0.2, 0.25) is 0 Å². The number of hydrogen-bond donors (Lipinski definition) is 2. The topological polar surface area (TPSA) is 104 Å². The molecule has 0 aliphatic carbocycles. The second-order valence-corrected chi connectivity index (χ2v) is 5.56. The number of nitrogens with one attached hydrogen (secondary N) is 1. The molecule has 8 heteroatoms. The maximum Gasteiger partial charge on any atom is 0.241 e. The highest BCUT2D eigenvalue weighted by atomic mass is 16.5. The summed E-state index contributed by atoms with van der Waals surface area (Å²) in [5.74, 6) is 1.31. The third kappa shape index (κ3) is 4.24. The van der Waals surface area contributed by atoms with Gasteiger partial charge in [0.15, 0.2) is 5.82 Å². The van der Waals surface area contributed by atoms with Crippen molar-refractivity contribution in [1.29, 1.82) is 0 Å². The zero-order chi connectivity index (χ0) is 16.8. The molecule has 0 bridgehead atoms. The summed E-state index contributed by atoms with van der Waals surface area (Å²) in [5, 5.41) is 20.4. The molecular weight excluding hydrogens is 308 g/mol. The fourth-order valence-electron chi connectivity index (χ4n) is 2.37. The molecule has 1 aromatic carbocycles. The molecule has 1 atom stereocenters. The number of aromatic amines is 1. The minimum Gasteiger partial charge on any atom is -0.392 e. The van der Waals surface area contributed by atoms with Crippen LogP contribution in [0.15, 0.2) is 41.2 Å². The molecule has 2 aromatic heterocycles. The van der Waals surface area contributed by atoms with Gasteiger partial charge in [0.1, 0.15) is 6.33 Å². The highest BCUT2D eigenvalue weighted by Crippen LogP contribution is 2.13. The first-order chi connectivity index (χ1) is 11.7.